The van der Waals surface area contributed by atoms with Crippen LogP contribution in [0.2, 0.25) is 0 Å². The SMILES string of the molecule is CC(CNC(=O)c1ccc2c(c1)NCC2)c1nccs1. The lowest BCUT2D eigenvalue weighted by Crippen LogP contribution is -2.27. The second-order valence-electron chi connectivity index (χ2n) is 5.03. The minimum absolute atomic E-state index is 0.0232. The molecule has 0 spiro atoms. The van der Waals surface area contributed by atoms with Gasteiger partial charge in [0.1, 0.15) is 0 Å². The highest BCUT2D eigenvalue weighted by atomic mass is 32.1. The molecule has 1 unspecified atom stereocenters. The average Bonchev–Trinajstić information content (AvgIpc) is 3.13. The van der Waals surface area contributed by atoms with Crippen molar-refractivity contribution in [2.75, 3.05) is 18.4 Å². The van der Waals surface area contributed by atoms with E-state index in [1.807, 2.05) is 23.6 Å². The Morgan fingerprint density at radius 1 is 1.55 bits per heavy atom. The fraction of sp³-hybridized carbons (Fsp3) is 0.333. The van der Waals surface area contributed by atoms with Crippen LogP contribution in [0.1, 0.15) is 33.8 Å². The van der Waals surface area contributed by atoms with Gasteiger partial charge < -0.3 is 10.6 Å². The third-order valence-corrected chi connectivity index (χ3v) is 4.53. The van der Waals surface area contributed by atoms with Crippen LogP contribution in [0, 0.1) is 0 Å². The van der Waals surface area contributed by atoms with Crippen molar-refractivity contribution in [1.29, 1.82) is 0 Å². The molecule has 0 bridgehead atoms. The van der Waals surface area contributed by atoms with Crippen LogP contribution in [0.5, 0.6) is 0 Å². The standard InChI is InChI=1S/C15H17N3OS/c1-10(15-17-6-7-20-15)9-18-14(19)12-3-2-11-4-5-16-13(11)8-12/h2-3,6-8,10,16H,4-5,9H2,1H3,(H,18,19). The summed E-state index contributed by atoms with van der Waals surface area (Å²) in [5.41, 5.74) is 3.09. The lowest BCUT2D eigenvalue weighted by atomic mass is 10.1. The van der Waals surface area contributed by atoms with Crippen LogP contribution in [0.3, 0.4) is 0 Å². The summed E-state index contributed by atoms with van der Waals surface area (Å²) in [4.78, 5) is 16.4. The Labute approximate surface area is 122 Å². The molecule has 1 aliphatic rings. The van der Waals surface area contributed by atoms with Crippen LogP contribution < -0.4 is 10.6 Å². The zero-order valence-electron chi connectivity index (χ0n) is 11.3. The number of carbonyl (C=O) groups is 1. The van der Waals surface area contributed by atoms with Crippen LogP contribution >= 0.6 is 11.3 Å². The summed E-state index contributed by atoms with van der Waals surface area (Å²) in [6, 6.07) is 5.87. The molecule has 1 amide bonds. The number of aromatic nitrogens is 1. The quantitative estimate of drug-likeness (QED) is 0.909. The van der Waals surface area contributed by atoms with E-state index in [1.54, 1.807) is 17.5 Å². The predicted molar refractivity (Wildman–Crippen MR) is 81.5 cm³/mol. The molecule has 2 aromatic rings. The van der Waals surface area contributed by atoms with E-state index >= 15 is 0 Å². The Hall–Kier alpha value is -1.88. The van der Waals surface area contributed by atoms with Crippen LogP contribution in [0.25, 0.3) is 0 Å². The molecule has 0 fully saturated rings. The molecule has 0 radical (unpaired) electrons. The molecule has 1 aromatic carbocycles. The van der Waals surface area contributed by atoms with E-state index in [1.165, 1.54) is 5.56 Å². The van der Waals surface area contributed by atoms with Crippen molar-refractivity contribution in [1.82, 2.24) is 10.3 Å². The lowest BCUT2D eigenvalue weighted by molar-refractivity contribution is 0.0951. The first-order valence-corrected chi connectivity index (χ1v) is 7.66. The maximum absolute atomic E-state index is 12.2. The van der Waals surface area contributed by atoms with E-state index in [4.69, 9.17) is 0 Å². The van der Waals surface area contributed by atoms with Gasteiger partial charge in [-0.05, 0) is 24.1 Å². The van der Waals surface area contributed by atoms with Gasteiger partial charge in [0.25, 0.3) is 5.91 Å². The van der Waals surface area contributed by atoms with Gasteiger partial charge in [-0.2, -0.15) is 0 Å². The maximum Gasteiger partial charge on any atom is 0.251 e. The van der Waals surface area contributed by atoms with Gasteiger partial charge in [0, 0.05) is 41.8 Å². The fourth-order valence-electron chi connectivity index (χ4n) is 2.35. The summed E-state index contributed by atoms with van der Waals surface area (Å²) in [6.07, 6.45) is 2.84. The summed E-state index contributed by atoms with van der Waals surface area (Å²) in [7, 11) is 0. The van der Waals surface area contributed by atoms with Crippen molar-refractivity contribution >= 4 is 22.9 Å². The topological polar surface area (TPSA) is 54.0 Å². The highest BCUT2D eigenvalue weighted by Crippen LogP contribution is 2.23. The fourth-order valence-corrected chi connectivity index (χ4v) is 3.04. The van der Waals surface area contributed by atoms with Gasteiger partial charge in [-0.25, -0.2) is 4.98 Å². The number of amides is 1. The molecule has 2 heterocycles. The first-order chi connectivity index (χ1) is 9.74. The molecule has 2 N–H and O–H groups in total. The molecular weight excluding hydrogens is 270 g/mol. The summed E-state index contributed by atoms with van der Waals surface area (Å²) in [5, 5.41) is 9.29. The van der Waals surface area contributed by atoms with Gasteiger partial charge in [0.15, 0.2) is 0 Å². The molecule has 0 saturated carbocycles. The highest BCUT2D eigenvalue weighted by molar-refractivity contribution is 7.09. The minimum Gasteiger partial charge on any atom is -0.384 e. The Bertz CT molecular complexity index is 610. The van der Waals surface area contributed by atoms with Gasteiger partial charge in [-0.15, -0.1) is 11.3 Å². The van der Waals surface area contributed by atoms with Crippen LogP contribution in [0.15, 0.2) is 29.8 Å². The van der Waals surface area contributed by atoms with E-state index in [9.17, 15) is 4.79 Å². The van der Waals surface area contributed by atoms with Crippen LogP contribution in [-0.2, 0) is 6.42 Å². The third kappa shape index (κ3) is 2.67. The summed E-state index contributed by atoms with van der Waals surface area (Å²) >= 11 is 1.62. The van der Waals surface area contributed by atoms with E-state index in [0.29, 0.717) is 12.1 Å². The molecule has 1 aromatic heterocycles. The summed E-state index contributed by atoms with van der Waals surface area (Å²) in [6.45, 7) is 3.64. The second kappa shape index (κ2) is 5.63. The largest absolute Gasteiger partial charge is 0.384 e. The smallest absolute Gasteiger partial charge is 0.251 e. The normalized spacial score (nSPS) is 14.4. The number of hydrogen-bond acceptors (Lipinski definition) is 4. The van der Waals surface area contributed by atoms with Gasteiger partial charge in [0.05, 0.1) is 5.01 Å². The number of anilines is 1. The Kier molecular flexibility index (Phi) is 3.69. The van der Waals surface area contributed by atoms with Crippen molar-refractivity contribution in [2.24, 2.45) is 0 Å². The number of benzene rings is 1. The molecule has 0 aliphatic carbocycles. The molecule has 0 saturated heterocycles. The van der Waals surface area contributed by atoms with Crippen molar-refractivity contribution < 1.29 is 4.79 Å². The monoisotopic (exact) mass is 287 g/mol. The molecular formula is C15H17N3OS. The number of fused-ring (bicyclic) bond motifs is 1. The zero-order valence-corrected chi connectivity index (χ0v) is 12.2. The zero-order chi connectivity index (χ0) is 13.9. The van der Waals surface area contributed by atoms with Crippen LogP contribution in [0.4, 0.5) is 5.69 Å². The summed E-state index contributed by atoms with van der Waals surface area (Å²) in [5.74, 6) is 0.219. The third-order valence-electron chi connectivity index (χ3n) is 3.52. The van der Waals surface area contributed by atoms with Gasteiger partial charge in [-0.1, -0.05) is 13.0 Å². The van der Waals surface area contributed by atoms with Crippen molar-refractivity contribution in [3.63, 3.8) is 0 Å². The second-order valence-corrected chi connectivity index (χ2v) is 5.96. The van der Waals surface area contributed by atoms with Gasteiger partial charge in [-0.3, -0.25) is 4.79 Å². The molecule has 1 atom stereocenters. The molecule has 104 valence electrons. The average molecular weight is 287 g/mol. The van der Waals surface area contributed by atoms with Crippen molar-refractivity contribution in [3.8, 4) is 0 Å². The molecule has 4 nitrogen and oxygen atoms in total. The maximum atomic E-state index is 12.2. The molecule has 20 heavy (non-hydrogen) atoms. The minimum atomic E-state index is -0.0232. The van der Waals surface area contributed by atoms with E-state index in [0.717, 1.165) is 23.7 Å². The van der Waals surface area contributed by atoms with E-state index in [-0.39, 0.29) is 11.8 Å². The Balaban J connectivity index is 1.62. The number of thiazole rings is 1. The molecule has 5 heteroatoms. The number of nitrogens with one attached hydrogen (secondary N) is 2. The number of rotatable bonds is 4. The Morgan fingerprint density at radius 3 is 3.25 bits per heavy atom. The van der Waals surface area contributed by atoms with Crippen molar-refractivity contribution in [2.45, 2.75) is 19.3 Å². The first-order valence-electron chi connectivity index (χ1n) is 6.78. The van der Waals surface area contributed by atoms with Gasteiger partial charge in [0.2, 0.25) is 0 Å². The predicted octanol–water partition coefficient (Wildman–Crippen LogP) is 2.64. The van der Waals surface area contributed by atoms with Gasteiger partial charge >= 0.3 is 0 Å². The Morgan fingerprint density at radius 2 is 2.45 bits per heavy atom. The number of carbonyl (C=O) groups excluding carboxylic acids is 1. The highest BCUT2D eigenvalue weighted by Gasteiger charge is 2.14. The molecule has 1 aliphatic heterocycles. The van der Waals surface area contributed by atoms with E-state index < -0.39 is 0 Å². The molecule has 3 rings (SSSR count). The number of hydrogen-bond donors (Lipinski definition) is 2. The summed E-state index contributed by atoms with van der Waals surface area (Å²) < 4.78 is 0. The van der Waals surface area contributed by atoms with Crippen LogP contribution in [-0.4, -0.2) is 24.0 Å². The van der Waals surface area contributed by atoms with E-state index in [2.05, 4.69) is 22.5 Å². The lowest BCUT2D eigenvalue weighted by Gasteiger charge is -2.11. The number of nitrogens with zero attached hydrogens (tertiary/aromatic N) is 1. The van der Waals surface area contributed by atoms with Crippen molar-refractivity contribution in [3.05, 3.63) is 45.9 Å². The first kappa shape index (κ1) is 13.1.